The summed E-state index contributed by atoms with van der Waals surface area (Å²) in [6, 6.07) is 23.5. The second-order valence-electron chi connectivity index (χ2n) is 9.48. The molecule has 1 amide bonds. The van der Waals surface area contributed by atoms with E-state index in [-0.39, 0.29) is 10.8 Å². The molecule has 5 nitrogen and oxygen atoms in total. The number of para-hydroxylation sites is 1. The molecule has 0 unspecified atom stereocenters. The molecular formula is C29H30N2O3S. The van der Waals surface area contributed by atoms with Crippen LogP contribution in [0.2, 0.25) is 0 Å². The Morgan fingerprint density at radius 2 is 1.60 bits per heavy atom. The van der Waals surface area contributed by atoms with Crippen LogP contribution in [0.25, 0.3) is 22.0 Å². The number of hydrogen-bond acceptors (Lipinski definition) is 3. The first-order valence-electron chi connectivity index (χ1n) is 12.2. The van der Waals surface area contributed by atoms with E-state index in [1.54, 1.807) is 18.3 Å². The quantitative estimate of drug-likeness (QED) is 0.358. The average molecular weight is 487 g/mol. The Bertz CT molecular complexity index is 1440. The van der Waals surface area contributed by atoms with Crippen LogP contribution in [0.15, 0.2) is 90.0 Å². The fourth-order valence-corrected chi connectivity index (χ4v) is 6.48. The third-order valence-corrected chi connectivity index (χ3v) is 8.94. The molecule has 0 bridgehead atoms. The topological polar surface area (TPSA) is 68.2 Å². The summed E-state index contributed by atoms with van der Waals surface area (Å²) in [6.07, 6.45) is 6.53. The van der Waals surface area contributed by atoms with E-state index in [2.05, 4.69) is 12.2 Å². The van der Waals surface area contributed by atoms with Crippen LogP contribution >= 0.6 is 0 Å². The van der Waals surface area contributed by atoms with Crippen LogP contribution in [-0.2, 0) is 10.0 Å². The number of amides is 1. The van der Waals surface area contributed by atoms with Crippen molar-refractivity contribution in [3.63, 3.8) is 0 Å². The van der Waals surface area contributed by atoms with E-state index >= 15 is 0 Å². The molecule has 0 spiro atoms. The summed E-state index contributed by atoms with van der Waals surface area (Å²) in [7, 11) is -3.85. The largest absolute Gasteiger partial charge is 0.352 e. The van der Waals surface area contributed by atoms with Gasteiger partial charge in [-0.25, -0.2) is 12.4 Å². The lowest BCUT2D eigenvalue weighted by Crippen LogP contribution is -2.33. The molecule has 0 radical (unpaired) electrons. The van der Waals surface area contributed by atoms with Crippen molar-refractivity contribution in [3.05, 3.63) is 90.6 Å². The molecule has 0 aliphatic heterocycles. The lowest BCUT2D eigenvalue weighted by Gasteiger charge is -2.28. The number of aromatic nitrogens is 1. The summed E-state index contributed by atoms with van der Waals surface area (Å²) in [6.45, 7) is 2.92. The molecule has 1 fully saturated rings. The lowest BCUT2D eigenvalue weighted by molar-refractivity contribution is 0.0936. The maximum absolute atomic E-state index is 13.6. The Kier molecular flexibility index (Phi) is 6.48. The molecule has 1 aromatic heterocycles. The van der Waals surface area contributed by atoms with Crippen LogP contribution in [0.4, 0.5) is 0 Å². The first-order chi connectivity index (χ1) is 16.9. The predicted molar refractivity (Wildman–Crippen MR) is 140 cm³/mol. The van der Waals surface area contributed by atoms with Gasteiger partial charge in [0.25, 0.3) is 15.9 Å². The zero-order valence-electron chi connectivity index (χ0n) is 19.9. The monoisotopic (exact) mass is 486 g/mol. The highest BCUT2D eigenvalue weighted by Crippen LogP contribution is 2.33. The Labute approximate surface area is 206 Å². The van der Waals surface area contributed by atoms with E-state index in [0.29, 0.717) is 29.5 Å². The van der Waals surface area contributed by atoms with Gasteiger partial charge in [-0.3, -0.25) is 4.79 Å². The van der Waals surface area contributed by atoms with Crippen LogP contribution in [-0.4, -0.2) is 24.8 Å². The predicted octanol–water partition coefficient (Wildman–Crippen LogP) is 6.10. The number of rotatable bonds is 6. The Morgan fingerprint density at radius 3 is 2.34 bits per heavy atom. The molecule has 35 heavy (non-hydrogen) atoms. The van der Waals surface area contributed by atoms with Gasteiger partial charge < -0.3 is 5.32 Å². The number of benzene rings is 3. The van der Waals surface area contributed by atoms with Gasteiger partial charge in [0.2, 0.25) is 0 Å². The first kappa shape index (κ1) is 23.4. The van der Waals surface area contributed by atoms with Crippen molar-refractivity contribution in [3.8, 4) is 11.1 Å². The van der Waals surface area contributed by atoms with E-state index in [0.717, 1.165) is 22.9 Å². The first-order valence-corrected chi connectivity index (χ1v) is 13.7. The van der Waals surface area contributed by atoms with Crippen molar-refractivity contribution in [1.29, 1.82) is 0 Å². The third kappa shape index (κ3) is 4.63. The number of hydrogen-bond donors (Lipinski definition) is 1. The maximum atomic E-state index is 13.6. The van der Waals surface area contributed by atoms with E-state index in [1.807, 2.05) is 54.6 Å². The Balaban J connectivity index is 1.40. The fourth-order valence-electron chi connectivity index (χ4n) is 5.11. The van der Waals surface area contributed by atoms with Crippen molar-refractivity contribution < 1.29 is 13.2 Å². The summed E-state index contributed by atoms with van der Waals surface area (Å²) >= 11 is 0. The number of fused-ring (bicyclic) bond motifs is 1. The van der Waals surface area contributed by atoms with Gasteiger partial charge in [-0.2, -0.15) is 0 Å². The number of carbonyl (C=O) groups excluding carboxylic acids is 1. The zero-order valence-corrected chi connectivity index (χ0v) is 20.7. The highest BCUT2D eigenvalue weighted by Gasteiger charge is 2.24. The molecule has 3 aromatic carbocycles. The third-order valence-electron chi connectivity index (χ3n) is 7.25. The Morgan fingerprint density at radius 1 is 0.914 bits per heavy atom. The van der Waals surface area contributed by atoms with Crippen LogP contribution in [0.1, 0.15) is 43.0 Å². The molecule has 2 atom stereocenters. The van der Waals surface area contributed by atoms with Crippen LogP contribution in [0, 0.1) is 11.8 Å². The van der Waals surface area contributed by atoms with E-state index < -0.39 is 10.0 Å². The van der Waals surface area contributed by atoms with Gasteiger partial charge in [0, 0.05) is 29.3 Å². The SMILES string of the molecule is C[C@H]1CCCC[C@H]1CNC(=O)c1ccc(S(=O)(=O)n2cc(-c3ccccc3)c3ccccc32)cc1. The smallest absolute Gasteiger partial charge is 0.268 e. The highest BCUT2D eigenvalue weighted by molar-refractivity contribution is 7.90. The Hall–Kier alpha value is -3.38. The highest BCUT2D eigenvalue weighted by atomic mass is 32.2. The molecule has 1 aliphatic carbocycles. The standard InChI is InChI=1S/C29H30N2O3S/c1-21-9-5-6-12-24(21)19-30-29(32)23-15-17-25(18-16-23)35(33,34)31-20-27(22-10-3-2-4-11-22)26-13-7-8-14-28(26)31/h2-4,7-8,10-11,13-18,20-21,24H,5-6,9,12,19H2,1H3,(H,30,32)/t21-,24-/m0/s1. The van der Waals surface area contributed by atoms with Gasteiger partial charge in [-0.15, -0.1) is 0 Å². The minimum absolute atomic E-state index is 0.148. The van der Waals surface area contributed by atoms with Crippen molar-refractivity contribution in [1.82, 2.24) is 9.29 Å². The van der Waals surface area contributed by atoms with Crippen molar-refractivity contribution in [2.45, 2.75) is 37.5 Å². The molecule has 5 rings (SSSR count). The molecule has 1 aliphatic rings. The molecule has 0 saturated heterocycles. The molecule has 1 heterocycles. The molecule has 180 valence electrons. The molecule has 1 N–H and O–H groups in total. The minimum Gasteiger partial charge on any atom is -0.352 e. The summed E-state index contributed by atoms with van der Waals surface area (Å²) in [5, 5.41) is 3.91. The van der Waals surface area contributed by atoms with E-state index in [1.165, 1.54) is 35.4 Å². The zero-order chi connectivity index (χ0) is 24.4. The molecule has 6 heteroatoms. The van der Waals surface area contributed by atoms with Gasteiger partial charge in [-0.05, 0) is 54.2 Å². The summed E-state index contributed by atoms with van der Waals surface area (Å²) < 4.78 is 28.5. The molecule has 1 saturated carbocycles. The molecule has 4 aromatic rings. The minimum atomic E-state index is -3.85. The summed E-state index contributed by atoms with van der Waals surface area (Å²) in [5.74, 6) is 0.964. The second-order valence-corrected chi connectivity index (χ2v) is 11.3. The van der Waals surface area contributed by atoms with Crippen LogP contribution in [0.3, 0.4) is 0 Å². The van der Waals surface area contributed by atoms with Gasteiger partial charge >= 0.3 is 0 Å². The van der Waals surface area contributed by atoms with Gasteiger partial charge in [0.1, 0.15) is 0 Å². The molecular weight excluding hydrogens is 456 g/mol. The summed E-state index contributed by atoms with van der Waals surface area (Å²) in [4.78, 5) is 12.8. The second kappa shape index (κ2) is 9.70. The van der Waals surface area contributed by atoms with Crippen molar-refractivity contribution in [2.75, 3.05) is 6.54 Å². The number of nitrogens with zero attached hydrogens (tertiary/aromatic N) is 1. The van der Waals surface area contributed by atoms with E-state index in [9.17, 15) is 13.2 Å². The summed E-state index contributed by atoms with van der Waals surface area (Å²) in [5.41, 5.74) is 2.90. The van der Waals surface area contributed by atoms with Gasteiger partial charge in [-0.1, -0.05) is 74.7 Å². The normalized spacial score (nSPS) is 18.4. The lowest BCUT2D eigenvalue weighted by atomic mass is 9.80. The van der Waals surface area contributed by atoms with Crippen LogP contribution < -0.4 is 5.32 Å². The number of carbonyl (C=O) groups is 1. The van der Waals surface area contributed by atoms with Gasteiger partial charge in [0.15, 0.2) is 0 Å². The maximum Gasteiger partial charge on any atom is 0.268 e. The van der Waals surface area contributed by atoms with Crippen molar-refractivity contribution >= 4 is 26.8 Å². The van der Waals surface area contributed by atoms with E-state index in [4.69, 9.17) is 0 Å². The van der Waals surface area contributed by atoms with Gasteiger partial charge in [0.05, 0.1) is 10.4 Å². The number of nitrogens with one attached hydrogen (secondary N) is 1. The average Bonchev–Trinajstić information content (AvgIpc) is 3.29. The fraction of sp³-hybridized carbons (Fsp3) is 0.276. The van der Waals surface area contributed by atoms with Crippen molar-refractivity contribution in [2.24, 2.45) is 11.8 Å². The van der Waals surface area contributed by atoms with Crippen LogP contribution in [0.5, 0.6) is 0 Å².